The maximum atomic E-state index is 5.42. The predicted molar refractivity (Wildman–Crippen MR) is 56.6 cm³/mol. The molecule has 2 heterocycles. The van der Waals surface area contributed by atoms with Crippen LogP contribution in [0.5, 0.6) is 0 Å². The highest BCUT2D eigenvalue weighted by molar-refractivity contribution is 5.00. The van der Waals surface area contributed by atoms with Crippen molar-refractivity contribution in [2.24, 2.45) is 7.05 Å². The molecule has 84 valence electrons. The Morgan fingerprint density at radius 1 is 1.60 bits per heavy atom. The molecular formula is C10H18N4O. The predicted octanol–water partition coefficient (Wildman–Crippen LogP) is 0.428. The molecule has 0 aliphatic carbocycles. The van der Waals surface area contributed by atoms with Crippen LogP contribution in [0.3, 0.4) is 0 Å². The van der Waals surface area contributed by atoms with Gasteiger partial charge in [0, 0.05) is 20.0 Å². The summed E-state index contributed by atoms with van der Waals surface area (Å²) in [6.07, 6.45) is 2.03. The van der Waals surface area contributed by atoms with Gasteiger partial charge in [-0.1, -0.05) is 6.92 Å². The molecule has 1 aromatic rings. The molecule has 5 nitrogen and oxygen atoms in total. The lowest BCUT2D eigenvalue weighted by Gasteiger charge is -2.22. The standard InChI is InChI=1S/C10H18N4O/c1-3-4-9-12-10(14(2)13-9)8-7-15-6-5-11-8/h8,11H,3-7H2,1-2H3. The molecule has 15 heavy (non-hydrogen) atoms. The van der Waals surface area contributed by atoms with Crippen LogP contribution in [-0.4, -0.2) is 34.5 Å². The summed E-state index contributed by atoms with van der Waals surface area (Å²) in [5, 5.41) is 7.77. The van der Waals surface area contributed by atoms with Crippen LogP contribution in [0.15, 0.2) is 0 Å². The second kappa shape index (κ2) is 4.72. The van der Waals surface area contributed by atoms with Crippen LogP contribution in [0, 0.1) is 0 Å². The molecule has 1 saturated heterocycles. The van der Waals surface area contributed by atoms with Gasteiger partial charge in [0.15, 0.2) is 5.82 Å². The molecule has 1 aromatic heterocycles. The molecule has 0 radical (unpaired) electrons. The van der Waals surface area contributed by atoms with E-state index in [1.165, 1.54) is 0 Å². The van der Waals surface area contributed by atoms with Crippen LogP contribution < -0.4 is 5.32 Å². The summed E-state index contributed by atoms with van der Waals surface area (Å²) in [4.78, 5) is 4.53. The first-order valence-electron chi connectivity index (χ1n) is 5.52. The van der Waals surface area contributed by atoms with Crippen molar-refractivity contribution in [3.63, 3.8) is 0 Å². The number of hydrogen-bond acceptors (Lipinski definition) is 4. The minimum absolute atomic E-state index is 0.196. The van der Waals surface area contributed by atoms with Crippen LogP contribution >= 0.6 is 0 Å². The summed E-state index contributed by atoms with van der Waals surface area (Å²) in [5.74, 6) is 1.92. The fourth-order valence-corrected chi connectivity index (χ4v) is 1.82. The molecule has 0 amide bonds. The summed E-state index contributed by atoms with van der Waals surface area (Å²) < 4.78 is 7.28. The first kappa shape index (κ1) is 10.6. The normalized spacial score (nSPS) is 21.9. The quantitative estimate of drug-likeness (QED) is 0.786. The lowest BCUT2D eigenvalue weighted by atomic mass is 10.2. The van der Waals surface area contributed by atoms with Crippen molar-refractivity contribution >= 4 is 0 Å². The summed E-state index contributed by atoms with van der Waals surface area (Å²) in [6.45, 7) is 4.51. The van der Waals surface area contributed by atoms with Crippen LogP contribution in [0.2, 0.25) is 0 Å². The van der Waals surface area contributed by atoms with Gasteiger partial charge in [0.05, 0.1) is 19.3 Å². The van der Waals surface area contributed by atoms with Gasteiger partial charge >= 0.3 is 0 Å². The summed E-state index contributed by atoms with van der Waals surface area (Å²) in [7, 11) is 1.94. The van der Waals surface area contributed by atoms with Crippen LogP contribution in [0.4, 0.5) is 0 Å². The molecular weight excluding hydrogens is 192 g/mol. The lowest BCUT2D eigenvalue weighted by Crippen LogP contribution is -2.36. The monoisotopic (exact) mass is 210 g/mol. The molecule has 1 aliphatic heterocycles. The molecule has 0 saturated carbocycles. The van der Waals surface area contributed by atoms with Crippen LogP contribution in [0.1, 0.15) is 31.0 Å². The van der Waals surface area contributed by atoms with Crippen LogP contribution in [-0.2, 0) is 18.2 Å². The fourth-order valence-electron chi connectivity index (χ4n) is 1.82. The second-order valence-electron chi connectivity index (χ2n) is 3.84. The van der Waals surface area contributed by atoms with Crippen molar-refractivity contribution < 1.29 is 4.74 Å². The van der Waals surface area contributed by atoms with Crippen LogP contribution in [0.25, 0.3) is 0 Å². The van der Waals surface area contributed by atoms with E-state index in [0.29, 0.717) is 6.61 Å². The topological polar surface area (TPSA) is 52.0 Å². The van der Waals surface area contributed by atoms with Gasteiger partial charge in [-0.2, -0.15) is 5.10 Å². The zero-order valence-electron chi connectivity index (χ0n) is 9.36. The number of aromatic nitrogens is 3. The second-order valence-corrected chi connectivity index (χ2v) is 3.84. The Balaban J connectivity index is 2.11. The zero-order valence-corrected chi connectivity index (χ0v) is 9.36. The van der Waals surface area contributed by atoms with Crippen molar-refractivity contribution in [3.05, 3.63) is 11.6 Å². The smallest absolute Gasteiger partial charge is 0.151 e. The summed E-state index contributed by atoms with van der Waals surface area (Å²) >= 11 is 0. The van der Waals surface area contributed by atoms with Gasteiger partial charge in [0.1, 0.15) is 5.82 Å². The van der Waals surface area contributed by atoms with E-state index < -0.39 is 0 Å². The molecule has 1 N–H and O–H groups in total. The Hall–Kier alpha value is -0.940. The highest BCUT2D eigenvalue weighted by Crippen LogP contribution is 2.13. The number of rotatable bonds is 3. The van der Waals surface area contributed by atoms with E-state index in [0.717, 1.165) is 37.6 Å². The molecule has 0 aromatic carbocycles. The first-order chi connectivity index (χ1) is 7.31. The maximum absolute atomic E-state index is 5.42. The third kappa shape index (κ3) is 2.35. The number of morpholine rings is 1. The number of nitrogens with zero attached hydrogens (tertiary/aromatic N) is 3. The largest absolute Gasteiger partial charge is 0.378 e. The van der Waals surface area contributed by atoms with Gasteiger partial charge in [-0.15, -0.1) is 0 Å². The number of nitrogens with one attached hydrogen (secondary N) is 1. The Bertz CT molecular complexity index is 317. The van der Waals surface area contributed by atoms with E-state index in [1.54, 1.807) is 0 Å². The van der Waals surface area contributed by atoms with Crippen molar-refractivity contribution in [1.29, 1.82) is 0 Å². The van der Waals surface area contributed by atoms with Crippen molar-refractivity contribution in [3.8, 4) is 0 Å². The maximum Gasteiger partial charge on any atom is 0.151 e. The van der Waals surface area contributed by atoms with Crippen molar-refractivity contribution in [1.82, 2.24) is 20.1 Å². The van der Waals surface area contributed by atoms with E-state index in [9.17, 15) is 0 Å². The average molecular weight is 210 g/mol. The van der Waals surface area contributed by atoms with E-state index in [2.05, 4.69) is 22.3 Å². The Kier molecular flexibility index (Phi) is 3.33. The number of hydrogen-bond donors (Lipinski definition) is 1. The van der Waals surface area contributed by atoms with Crippen molar-refractivity contribution in [2.75, 3.05) is 19.8 Å². The fraction of sp³-hybridized carbons (Fsp3) is 0.800. The molecule has 0 bridgehead atoms. The molecule has 0 spiro atoms. The molecule has 1 aliphatic rings. The molecule has 1 atom stereocenters. The highest BCUT2D eigenvalue weighted by Gasteiger charge is 2.20. The summed E-state index contributed by atoms with van der Waals surface area (Å²) in [5.41, 5.74) is 0. The molecule has 5 heteroatoms. The van der Waals surface area contributed by atoms with Gasteiger partial charge in [-0.05, 0) is 6.42 Å². The van der Waals surface area contributed by atoms with Gasteiger partial charge in [0.25, 0.3) is 0 Å². The summed E-state index contributed by atoms with van der Waals surface area (Å²) in [6, 6.07) is 0.196. The minimum Gasteiger partial charge on any atom is -0.378 e. The Labute approximate surface area is 89.8 Å². The molecule has 1 fully saturated rings. The average Bonchev–Trinajstić information content (AvgIpc) is 2.61. The van der Waals surface area contributed by atoms with E-state index in [-0.39, 0.29) is 6.04 Å². The van der Waals surface area contributed by atoms with Crippen molar-refractivity contribution in [2.45, 2.75) is 25.8 Å². The molecule has 2 rings (SSSR count). The van der Waals surface area contributed by atoms with E-state index in [1.807, 2.05) is 11.7 Å². The lowest BCUT2D eigenvalue weighted by molar-refractivity contribution is 0.0730. The third-order valence-corrected chi connectivity index (χ3v) is 2.55. The SMILES string of the molecule is CCCc1nc(C2COCCN2)n(C)n1. The number of ether oxygens (including phenoxy) is 1. The Morgan fingerprint density at radius 2 is 2.47 bits per heavy atom. The minimum atomic E-state index is 0.196. The van der Waals surface area contributed by atoms with Gasteiger partial charge in [-0.25, -0.2) is 4.98 Å². The zero-order chi connectivity index (χ0) is 10.7. The highest BCUT2D eigenvalue weighted by atomic mass is 16.5. The van der Waals surface area contributed by atoms with Gasteiger partial charge in [-0.3, -0.25) is 4.68 Å². The first-order valence-corrected chi connectivity index (χ1v) is 5.52. The van der Waals surface area contributed by atoms with Gasteiger partial charge in [0.2, 0.25) is 0 Å². The van der Waals surface area contributed by atoms with Gasteiger partial charge < -0.3 is 10.1 Å². The number of aryl methyl sites for hydroxylation is 2. The van der Waals surface area contributed by atoms with E-state index >= 15 is 0 Å². The van der Waals surface area contributed by atoms with E-state index in [4.69, 9.17) is 4.74 Å². The molecule has 1 unspecified atom stereocenters. The Morgan fingerprint density at radius 3 is 3.13 bits per heavy atom. The third-order valence-electron chi connectivity index (χ3n) is 2.55.